The molecule has 3 N–H and O–H groups in total. The summed E-state index contributed by atoms with van der Waals surface area (Å²) in [6.07, 6.45) is 4.11. The van der Waals surface area contributed by atoms with Crippen molar-refractivity contribution >= 4 is 0 Å². The van der Waals surface area contributed by atoms with E-state index in [1.807, 2.05) is 30.8 Å². The van der Waals surface area contributed by atoms with Gasteiger partial charge in [-0.2, -0.15) is 5.10 Å². The molecule has 0 amide bonds. The summed E-state index contributed by atoms with van der Waals surface area (Å²) in [7, 11) is 0. The Balaban J connectivity index is 2.51. The van der Waals surface area contributed by atoms with Gasteiger partial charge in [0.25, 0.3) is 0 Å². The van der Waals surface area contributed by atoms with Gasteiger partial charge in [0, 0.05) is 18.7 Å². The molecule has 0 saturated heterocycles. The Bertz CT molecular complexity index is 337. The Morgan fingerprint density at radius 1 is 1.44 bits per heavy atom. The Morgan fingerprint density at radius 2 is 2.17 bits per heavy atom. The van der Waals surface area contributed by atoms with E-state index in [1.165, 1.54) is 0 Å². The molecule has 0 aliphatic carbocycles. The van der Waals surface area contributed by atoms with Gasteiger partial charge >= 0.3 is 0 Å². The molecular formula is C13H26N4O. The lowest BCUT2D eigenvalue weighted by atomic mass is 10.2. The smallest absolute Gasteiger partial charge is 0.0641 e. The third-order valence-corrected chi connectivity index (χ3v) is 3.03. The van der Waals surface area contributed by atoms with Crippen molar-refractivity contribution in [2.24, 2.45) is 5.84 Å². The highest BCUT2D eigenvalue weighted by Gasteiger charge is 2.12. The molecular weight excluding hydrogens is 228 g/mol. The van der Waals surface area contributed by atoms with Crippen LogP contribution in [0.1, 0.15) is 45.9 Å². The van der Waals surface area contributed by atoms with E-state index in [-0.39, 0.29) is 12.1 Å². The van der Waals surface area contributed by atoms with Gasteiger partial charge in [0.1, 0.15) is 0 Å². The van der Waals surface area contributed by atoms with E-state index in [1.54, 1.807) is 0 Å². The van der Waals surface area contributed by atoms with Crippen molar-refractivity contribution in [3.63, 3.8) is 0 Å². The maximum Gasteiger partial charge on any atom is 0.0641 e. The topological polar surface area (TPSA) is 65.1 Å². The van der Waals surface area contributed by atoms with Crippen LogP contribution < -0.4 is 11.3 Å². The standard InChI is InChI=1S/C13H26N4O/c1-5-11(4)17-7-6-12(16-17)8-13(15-14)9-18-10(2)3/h6-7,10-11,13,15H,5,8-9,14H2,1-4H3. The Hall–Kier alpha value is -0.910. The van der Waals surface area contributed by atoms with Gasteiger partial charge in [-0.25, -0.2) is 0 Å². The Morgan fingerprint density at radius 3 is 2.72 bits per heavy atom. The number of hydrogen-bond acceptors (Lipinski definition) is 4. The quantitative estimate of drug-likeness (QED) is 0.547. The molecule has 1 heterocycles. The van der Waals surface area contributed by atoms with Gasteiger partial charge in [0.2, 0.25) is 0 Å². The second-order valence-electron chi connectivity index (χ2n) is 4.99. The lowest BCUT2D eigenvalue weighted by molar-refractivity contribution is 0.0611. The molecule has 0 saturated carbocycles. The van der Waals surface area contributed by atoms with Crippen molar-refractivity contribution in [2.75, 3.05) is 6.61 Å². The van der Waals surface area contributed by atoms with E-state index in [0.29, 0.717) is 12.6 Å². The van der Waals surface area contributed by atoms with Crippen LogP contribution in [0.5, 0.6) is 0 Å². The molecule has 18 heavy (non-hydrogen) atoms. The summed E-state index contributed by atoms with van der Waals surface area (Å²) in [5, 5.41) is 4.56. The van der Waals surface area contributed by atoms with E-state index in [4.69, 9.17) is 10.6 Å². The van der Waals surface area contributed by atoms with Crippen LogP contribution in [-0.4, -0.2) is 28.5 Å². The maximum absolute atomic E-state index is 5.57. The molecule has 5 heteroatoms. The third-order valence-electron chi connectivity index (χ3n) is 3.03. The SMILES string of the molecule is CCC(C)n1ccc(CC(COC(C)C)NN)n1. The fourth-order valence-corrected chi connectivity index (χ4v) is 1.65. The van der Waals surface area contributed by atoms with Crippen molar-refractivity contribution in [2.45, 2.75) is 58.7 Å². The number of nitrogens with one attached hydrogen (secondary N) is 1. The zero-order valence-corrected chi connectivity index (χ0v) is 11.9. The zero-order chi connectivity index (χ0) is 13.5. The molecule has 0 radical (unpaired) electrons. The van der Waals surface area contributed by atoms with Crippen LogP contribution in [0.3, 0.4) is 0 Å². The maximum atomic E-state index is 5.57. The second-order valence-corrected chi connectivity index (χ2v) is 4.99. The van der Waals surface area contributed by atoms with Gasteiger partial charge in [-0.05, 0) is 33.3 Å². The molecule has 0 fully saturated rings. The first kappa shape index (κ1) is 15.1. The number of ether oxygens (including phenoxy) is 1. The van der Waals surface area contributed by atoms with Gasteiger partial charge in [-0.1, -0.05) is 6.92 Å². The van der Waals surface area contributed by atoms with Crippen LogP contribution in [0.2, 0.25) is 0 Å². The summed E-state index contributed by atoms with van der Waals surface area (Å²) in [6.45, 7) is 8.96. The predicted molar refractivity (Wildman–Crippen MR) is 73.1 cm³/mol. The zero-order valence-electron chi connectivity index (χ0n) is 11.9. The minimum Gasteiger partial charge on any atom is -0.377 e. The third kappa shape index (κ3) is 4.76. The summed E-state index contributed by atoms with van der Waals surface area (Å²) in [5.41, 5.74) is 3.83. The number of rotatable bonds is 8. The fraction of sp³-hybridized carbons (Fsp3) is 0.769. The summed E-state index contributed by atoms with van der Waals surface area (Å²) in [5.74, 6) is 5.54. The summed E-state index contributed by atoms with van der Waals surface area (Å²) in [6, 6.07) is 2.59. The Labute approximate surface area is 110 Å². The van der Waals surface area contributed by atoms with Crippen molar-refractivity contribution in [3.8, 4) is 0 Å². The van der Waals surface area contributed by atoms with E-state index >= 15 is 0 Å². The number of nitrogens with zero attached hydrogens (tertiary/aromatic N) is 2. The van der Waals surface area contributed by atoms with Gasteiger partial charge < -0.3 is 4.74 Å². The van der Waals surface area contributed by atoms with Gasteiger partial charge in [0.05, 0.1) is 24.4 Å². The molecule has 0 aliphatic rings. The minimum absolute atomic E-state index is 0.104. The van der Waals surface area contributed by atoms with Crippen molar-refractivity contribution < 1.29 is 4.74 Å². The van der Waals surface area contributed by atoms with Crippen LogP contribution in [0.4, 0.5) is 0 Å². The highest BCUT2D eigenvalue weighted by atomic mass is 16.5. The normalized spacial score (nSPS) is 15.0. The molecule has 2 atom stereocenters. The van der Waals surface area contributed by atoms with E-state index in [2.05, 4.69) is 24.4 Å². The number of hydrazine groups is 1. The Kier molecular flexibility index (Phi) is 6.32. The molecule has 0 aromatic carbocycles. The molecule has 104 valence electrons. The average Bonchev–Trinajstić information content (AvgIpc) is 2.81. The molecule has 5 nitrogen and oxygen atoms in total. The van der Waals surface area contributed by atoms with Crippen LogP contribution in [0, 0.1) is 0 Å². The summed E-state index contributed by atoms with van der Waals surface area (Å²) in [4.78, 5) is 0. The summed E-state index contributed by atoms with van der Waals surface area (Å²) >= 11 is 0. The average molecular weight is 254 g/mol. The molecule has 0 bridgehead atoms. The second kappa shape index (κ2) is 7.51. The number of nitrogens with two attached hydrogens (primary N) is 1. The first-order valence-corrected chi connectivity index (χ1v) is 6.68. The van der Waals surface area contributed by atoms with Crippen molar-refractivity contribution in [1.82, 2.24) is 15.2 Å². The minimum atomic E-state index is 0.104. The lowest BCUT2D eigenvalue weighted by Crippen LogP contribution is -2.41. The van der Waals surface area contributed by atoms with E-state index in [0.717, 1.165) is 18.5 Å². The fourth-order valence-electron chi connectivity index (χ4n) is 1.65. The van der Waals surface area contributed by atoms with Crippen LogP contribution in [-0.2, 0) is 11.2 Å². The molecule has 1 rings (SSSR count). The van der Waals surface area contributed by atoms with Crippen LogP contribution in [0.25, 0.3) is 0 Å². The highest BCUT2D eigenvalue weighted by molar-refractivity contribution is 5.02. The van der Waals surface area contributed by atoms with E-state index in [9.17, 15) is 0 Å². The molecule has 1 aromatic rings. The number of aromatic nitrogens is 2. The summed E-state index contributed by atoms with van der Waals surface area (Å²) < 4.78 is 7.57. The largest absolute Gasteiger partial charge is 0.377 e. The monoisotopic (exact) mass is 254 g/mol. The van der Waals surface area contributed by atoms with Gasteiger partial charge in [-0.15, -0.1) is 0 Å². The van der Waals surface area contributed by atoms with Gasteiger partial charge in [-0.3, -0.25) is 16.0 Å². The van der Waals surface area contributed by atoms with Gasteiger partial charge in [0.15, 0.2) is 0 Å². The van der Waals surface area contributed by atoms with Crippen LogP contribution in [0.15, 0.2) is 12.3 Å². The van der Waals surface area contributed by atoms with Crippen molar-refractivity contribution in [1.29, 1.82) is 0 Å². The number of hydrogen-bond donors (Lipinski definition) is 2. The molecule has 0 aliphatic heterocycles. The van der Waals surface area contributed by atoms with Crippen LogP contribution >= 0.6 is 0 Å². The van der Waals surface area contributed by atoms with E-state index < -0.39 is 0 Å². The molecule has 0 spiro atoms. The highest BCUT2D eigenvalue weighted by Crippen LogP contribution is 2.10. The first-order valence-electron chi connectivity index (χ1n) is 6.68. The molecule has 1 aromatic heterocycles. The lowest BCUT2D eigenvalue weighted by Gasteiger charge is -2.16. The molecule has 2 unspecified atom stereocenters. The predicted octanol–water partition coefficient (Wildman–Crippen LogP) is 1.65. The first-order chi connectivity index (χ1) is 8.56. The van der Waals surface area contributed by atoms with Crippen molar-refractivity contribution in [3.05, 3.63) is 18.0 Å².